The van der Waals surface area contributed by atoms with Crippen molar-refractivity contribution in [2.75, 3.05) is 0 Å². The highest BCUT2D eigenvalue weighted by molar-refractivity contribution is 5.90. The van der Waals surface area contributed by atoms with E-state index in [1.54, 1.807) is 18.2 Å². The Morgan fingerprint density at radius 2 is 1.89 bits per heavy atom. The van der Waals surface area contributed by atoms with Crippen LogP contribution in [0.2, 0.25) is 0 Å². The van der Waals surface area contributed by atoms with E-state index in [2.05, 4.69) is 4.74 Å². The van der Waals surface area contributed by atoms with Gasteiger partial charge in [0, 0.05) is 0 Å². The van der Waals surface area contributed by atoms with Gasteiger partial charge in [-0.05, 0) is 12.1 Å². The summed E-state index contributed by atoms with van der Waals surface area (Å²) < 4.78 is 4.49. The summed E-state index contributed by atoms with van der Waals surface area (Å²) in [7, 11) is 0. The van der Waals surface area contributed by atoms with Crippen molar-refractivity contribution in [3.63, 3.8) is 0 Å². The van der Waals surface area contributed by atoms with Crippen molar-refractivity contribution in [2.24, 2.45) is 0 Å². The van der Waals surface area contributed by atoms with E-state index in [-0.39, 0.29) is 28.6 Å². The lowest BCUT2D eigenvalue weighted by atomic mass is 10.2. The van der Waals surface area contributed by atoms with Gasteiger partial charge in [0.25, 0.3) is 0 Å². The van der Waals surface area contributed by atoms with Gasteiger partial charge in [0.15, 0.2) is 0 Å². The lowest BCUT2D eigenvalue weighted by molar-refractivity contribution is -0.575. The maximum atomic E-state index is 11.0. The van der Waals surface area contributed by atoms with Crippen LogP contribution in [0.25, 0.3) is 0 Å². The zero-order chi connectivity index (χ0) is 12.8. The van der Waals surface area contributed by atoms with Crippen LogP contribution >= 0.6 is 0 Å². The van der Waals surface area contributed by atoms with Crippen LogP contribution in [0.4, 0.5) is 0 Å². The smallest absolute Gasteiger partial charge is 0.382 e. The van der Waals surface area contributed by atoms with Crippen LogP contribution < -0.4 is 0 Å². The highest BCUT2D eigenvalue weighted by Crippen LogP contribution is 2.18. The average molecular weight is 266 g/mol. The first kappa shape index (κ1) is 16.3. The molecule has 0 spiro atoms. The van der Waals surface area contributed by atoms with Gasteiger partial charge in [-0.1, -0.05) is 18.2 Å². The summed E-state index contributed by atoms with van der Waals surface area (Å²) in [6, 6.07) is 7.59. The van der Waals surface area contributed by atoms with Crippen LogP contribution in [-0.4, -0.2) is 45.0 Å². The molecular weight excluding hydrogens is 254 g/mol. The monoisotopic (exact) mass is 265 g/mol. The highest BCUT2D eigenvalue weighted by atomic mass is 24.3. The van der Waals surface area contributed by atoms with Crippen LogP contribution in [0.3, 0.4) is 0 Å². The van der Waals surface area contributed by atoms with Crippen molar-refractivity contribution in [3.05, 3.63) is 46.0 Å². The Bertz CT molecular complexity index is 435. The predicted octanol–water partition coefficient (Wildman–Crippen LogP) is 0.0636. The number of aliphatic carboxylic acids is 1. The van der Waals surface area contributed by atoms with E-state index < -0.39 is 29.5 Å². The number of carbonyl (C=O) groups is 2. The van der Waals surface area contributed by atoms with Crippen LogP contribution in [0, 0.1) is 10.1 Å². The number of carbonyl (C=O) groups excluding carboxylic acids is 1. The SMILES string of the molecule is O=C(O)CC(=O)OC(c1ccccc1)[N+](=O)[O-].[MgH2]. The molecule has 1 N–H and O–H groups in total. The van der Waals surface area contributed by atoms with Gasteiger partial charge in [-0.15, -0.1) is 0 Å². The molecule has 1 unspecified atom stereocenters. The van der Waals surface area contributed by atoms with Crippen LogP contribution in [-0.2, 0) is 14.3 Å². The van der Waals surface area contributed by atoms with Gasteiger partial charge in [-0.25, -0.2) is 0 Å². The van der Waals surface area contributed by atoms with E-state index in [0.717, 1.165) is 0 Å². The molecule has 0 saturated carbocycles. The van der Waals surface area contributed by atoms with Crippen LogP contribution in [0.1, 0.15) is 18.2 Å². The maximum Gasteiger partial charge on any atom is 0.382 e. The molecule has 1 atom stereocenters. The van der Waals surface area contributed by atoms with Crippen molar-refractivity contribution < 1.29 is 24.4 Å². The Labute approximate surface area is 118 Å². The zero-order valence-electron chi connectivity index (χ0n) is 8.61. The molecule has 94 valence electrons. The number of rotatable bonds is 5. The third-order valence-corrected chi connectivity index (χ3v) is 1.81. The summed E-state index contributed by atoms with van der Waals surface area (Å²) in [6.07, 6.45) is -2.58. The molecule has 7 nitrogen and oxygen atoms in total. The van der Waals surface area contributed by atoms with Crippen molar-refractivity contribution in [2.45, 2.75) is 12.6 Å². The quantitative estimate of drug-likeness (QED) is 0.201. The number of hydrogen-bond acceptors (Lipinski definition) is 5. The fourth-order valence-corrected chi connectivity index (χ4v) is 1.14. The number of nitrogens with zero attached hydrogens (tertiary/aromatic N) is 1. The summed E-state index contributed by atoms with van der Waals surface area (Å²) in [5.41, 5.74) is 0.177. The number of hydrogen-bond donors (Lipinski definition) is 1. The lowest BCUT2D eigenvalue weighted by Gasteiger charge is -2.09. The fourth-order valence-electron chi connectivity index (χ4n) is 1.14. The first-order valence-corrected chi connectivity index (χ1v) is 4.60. The van der Waals surface area contributed by atoms with E-state index in [4.69, 9.17) is 5.11 Å². The second-order valence-electron chi connectivity index (χ2n) is 3.11. The minimum absolute atomic E-state index is 0. The van der Waals surface area contributed by atoms with Gasteiger partial charge in [0.1, 0.15) is 6.42 Å². The van der Waals surface area contributed by atoms with E-state index in [1.807, 2.05) is 0 Å². The Hall–Kier alpha value is -1.67. The second-order valence-corrected chi connectivity index (χ2v) is 3.11. The Kier molecular flexibility index (Phi) is 6.91. The van der Waals surface area contributed by atoms with Crippen molar-refractivity contribution >= 4 is 35.0 Å². The first-order valence-electron chi connectivity index (χ1n) is 4.60. The molecule has 0 aliphatic carbocycles. The van der Waals surface area contributed by atoms with Gasteiger partial charge < -0.3 is 9.84 Å². The molecular formula is C10H11MgNO6. The summed E-state index contributed by atoms with van der Waals surface area (Å²) in [5, 5.41) is 19.0. The molecule has 0 aliphatic heterocycles. The average Bonchev–Trinajstić information content (AvgIpc) is 2.25. The van der Waals surface area contributed by atoms with Crippen LogP contribution in [0.5, 0.6) is 0 Å². The molecule has 0 saturated heterocycles. The van der Waals surface area contributed by atoms with Crippen molar-refractivity contribution in [1.82, 2.24) is 0 Å². The summed E-state index contributed by atoms with van der Waals surface area (Å²) in [6.45, 7) is 0. The van der Waals surface area contributed by atoms with E-state index in [9.17, 15) is 19.7 Å². The number of ether oxygens (including phenoxy) is 1. The number of carboxylic acid groups (broad SMARTS) is 1. The van der Waals surface area contributed by atoms with Gasteiger partial charge in [0.2, 0.25) is 0 Å². The molecule has 1 aromatic carbocycles. The molecule has 0 radical (unpaired) electrons. The number of nitro groups is 1. The van der Waals surface area contributed by atoms with Gasteiger partial charge >= 0.3 is 41.2 Å². The second kappa shape index (κ2) is 7.61. The zero-order valence-corrected chi connectivity index (χ0v) is 8.61. The first-order chi connectivity index (χ1) is 8.00. The summed E-state index contributed by atoms with van der Waals surface area (Å²) in [4.78, 5) is 31.2. The standard InChI is InChI=1S/C10H9NO6.Mg.2H/c12-8(13)6-9(14)17-10(11(15)16)7-4-2-1-3-5-7;;;/h1-5,10H,6H2,(H,12,13);;;. The van der Waals surface area contributed by atoms with E-state index in [0.29, 0.717) is 0 Å². The molecule has 0 bridgehead atoms. The molecule has 0 aromatic heterocycles. The molecule has 0 aliphatic rings. The molecule has 1 aromatic rings. The molecule has 1 rings (SSSR count). The third-order valence-electron chi connectivity index (χ3n) is 1.81. The van der Waals surface area contributed by atoms with Crippen molar-refractivity contribution in [1.29, 1.82) is 0 Å². The molecule has 0 heterocycles. The fraction of sp³-hybridized carbons (Fsp3) is 0.200. The Morgan fingerprint density at radius 1 is 1.33 bits per heavy atom. The Morgan fingerprint density at radius 3 is 2.33 bits per heavy atom. The maximum absolute atomic E-state index is 11.0. The number of benzene rings is 1. The highest BCUT2D eigenvalue weighted by Gasteiger charge is 2.27. The molecule has 18 heavy (non-hydrogen) atoms. The number of esters is 1. The van der Waals surface area contributed by atoms with Gasteiger partial charge in [0.05, 0.1) is 10.5 Å². The minimum Gasteiger partial charge on any atom is -0.481 e. The molecule has 0 amide bonds. The molecule has 0 fully saturated rings. The van der Waals surface area contributed by atoms with E-state index in [1.165, 1.54) is 12.1 Å². The van der Waals surface area contributed by atoms with Gasteiger partial charge in [-0.2, -0.15) is 0 Å². The summed E-state index contributed by atoms with van der Waals surface area (Å²) in [5.74, 6) is -2.55. The normalized spacial score (nSPS) is 10.9. The molecule has 8 heteroatoms. The predicted molar refractivity (Wildman–Crippen MR) is 63.1 cm³/mol. The van der Waals surface area contributed by atoms with Crippen molar-refractivity contribution in [3.8, 4) is 0 Å². The minimum atomic E-state index is -1.68. The lowest BCUT2D eigenvalue weighted by Crippen LogP contribution is -2.20. The largest absolute Gasteiger partial charge is 0.481 e. The number of carboxylic acids is 1. The Balaban J connectivity index is 0.00000289. The third kappa shape index (κ3) is 5.10. The topological polar surface area (TPSA) is 107 Å². The van der Waals surface area contributed by atoms with Crippen LogP contribution in [0.15, 0.2) is 30.3 Å². The van der Waals surface area contributed by atoms with E-state index >= 15 is 0 Å². The van der Waals surface area contributed by atoms with Gasteiger partial charge in [-0.3, -0.25) is 19.7 Å². The summed E-state index contributed by atoms with van der Waals surface area (Å²) >= 11 is 0.